The third-order valence-corrected chi connectivity index (χ3v) is 3.19. The molecule has 118 valence electrons. The van der Waals surface area contributed by atoms with Crippen LogP contribution in [0, 0.1) is 6.92 Å². The second-order valence-electron chi connectivity index (χ2n) is 4.78. The number of pyridine rings is 1. The third kappa shape index (κ3) is 3.71. The van der Waals surface area contributed by atoms with Crippen molar-refractivity contribution in [1.29, 1.82) is 0 Å². The predicted octanol–water partition coefficient (Wildman–Crippen LogP) is 3.07. The highest BCUT2D eigenvalue weighted by molar-refractivity contribution is 5.65. The molecule has 0 saturated heterocycles. The average molecular weight is 309 g/mol. The van der Waals surface area contributed by atoms with Crippen LogP contribution in [-0.4, -0.2) is 24.9 Å². The molecule has 1 heterocycles. The van der Waals surface area contributed by atoms with E-state index in [0.717, 1.165) is 10.1 Å². The maximum absolute atomic E-state index is 12.7. The fourth-order valence-corrected chi connectivity index (χ4v) is 2.22. The van der Waals surface area contributed by atoms with Crippen LogP contribution in [0.1, 0.15) is 5.56 Å². The van der Waals surface area contributed by atoms with E-state index in [1.54, 1.807) is 30.3 Å². The van der Waals surface area contributed by atoms with Gasteiger partial charge in [0.15, 0.2) is 6.79 Å². The highest BCUT2D eigenvalue weighted by Crippen LogP contribution is 2.26. The van der Waals surface area contributed by atoms with Crippen LogP contribution in [0.4, 0.5) is 8.78 Å². The molecule has 0 atom stereocenters. The minimum Gasteiger partial charge on any atom is -0.468 e. The lowest BCUT2D eigenvalue weighted by atomic mass is 10.0. The molecule has 0 radical (unpaired) electrons. The summed E-state index contributed by atoms with van der Waals surface area (Å²) in [5.74, 6) is 0.613. The van der Waals surface area contributed by atoms with E-state index in [-0.39, 0.29) is 6.79 Å². The summed E-state index contributed by atoms with van der Waals surface area (Å²) >= 11 is 0. The van der Waals surface area contributed by atoms with Crippen LogP contribution in [-0.2, 0) is 11.3 Å². The van der Waals surface area contributed by atoms with E-state index in [0.29, 0.717) is 17.0 Å². The highest BCUT2D eigenvalue weighted by Gasteiger charge is 2.13. The fourth-order valence-electron chi connectivity index (χ4n) is 2.22. The lowest BCUT2D eigenvalue weighted by Crippen LogP contribution is -2.24. The van der Waals surface area contributed by atoms with Gasteiger partial charge in [-0.25, -0.2) is 8.78 Å². The summed E-state index contributed by atoms with van der Waals surface area (Å²) in [5.41, 5.74) is 1.55. The SMILES string of the molecule is COCOc1ccc(-c2cccc(=O)n2CC(F)F)c(C)c1. The molecule has 0 fully saturated rings. The monoisotopic (exact) mass is 309 g/mol. The lowest BCUT2D eigenvalue weighted by molar-refractivity contribution is 0.0511. The first-order valence-corrected chi connectivity index (χ1v) is 6.73. The summed E-state index contributed by atoms with van der Waals surface area (Å²) in [6.45, 7) is 1.33. The van der Waals surface area contributed by atoms with E-state index in [4.69, 9.17) is 9.47 Å². The smallest absolute Gasteiger partial charge is 0.256 e. The average Bonchev–Trinajstić information content (AvgIpc) is 2.47. The van der Waals surface area contributed by atoms with E-state index < -0.39 is 18.5 Å². The van der Waals surface area contributed by atoms with Crippen molar-refractivity contribution < 1.29 is 18.3 Å². The summed E-state index contributed by atoms with van der Waals surface area (Å²) in [6, 6.07) is 9.73. The van der Waals surface area contributed by atoms with Crippen molar-refractivity contribution in [2.45, 2.75) is 19.9 Å². The van der Waals surface area contributed by atoms with Gasteiger partial charge in [0.05, 0.1) is 12.2 Å². The molecule has 22 heavy (non-hydrogen) atoms. The molecule has 0 saturated carbocycles. The summed E-state index contributed by atoms with van der Waals surface area (Å²) in [4.78, 5) is 11.9. The zero-order valence-corrected chi connectivity index (χ0v) is 12.4. The van der Waals surface area contributed by atoms with Gasteiger partial charge in [-0.3, -0.25) is 4.79 Å². The van der Waals surface area contributed by atoms with Crippen molar-refractivity contribution in [1.82, 2.24) is 4.57 Å². The Morgan fingerprint density at radius 3 is 2.64 bits per heavy atom. The molecule has 2 aromatic rings. The van der Waals surface area contributed by atoms with Gasteiger partial charge in [-0.2, -0.15) is 0 Å². The van der Waals surface area contributed by atoms with Crippen LogP contribution in [0.15, 0.2) is 41.2 Å². The Morgan fingerprint density at radius 2 is 2.00 bits per heavy atom. The first-order chi connectivity index (χ1) is 10.5. The van der Waals surface area contributed by atoms with Crippen LogP contribution in [0.3, 0.4) is 0 Å². The van der Waals surface area contributed by atoms with Gasteiger partial charge in [-0.05, 0) is 36.8 Å². The number of methoxy groups -OCH3 is 1. The van der Waals surface area contributed by atoms with Crippen molar-refractivity contribution >= 4 is 0 Å². The minimum absolute atomic E-state index is 0.125. The molecule has 1 aromatic heterocycles. The Hall–Kier alpha value is -2.21. The number of ether oxygens (including phenoxy) is 2. The largest absolute Gasteiger partial charge is 0.468 e. The summed E-state index contributed by atoms with van der Waals surface area (Å²) in [7, 11) is 1.52. The first-order valence-electron chi connectivity index (χ1n) is 6.73. The van der Waals surface area contributed by atoms with Gasteiger partial charge in [0.25, 0.3) is 12.0 Å². The van der Waals surface area contributed by atoms with Gasteiger partial charge in [0, 0.05) is 18.7 Å². The van der Waals surface area contributed by atoms with Gasteiger partial charge in [0.1, 0.15) is 5.75 Å². The Balaban J connectivity index is 2.44. The van der Waals surface area contributed by atoms with Crippen LogP contribution >= 0.6 is 0 Å². The fraction of sp³-hybridized carbons (Fsp3) is 0.312. The molecule has 0 aliphatic carbocycles. The van der Waals surface area contributed by atoms with Gasteiger partial charge in [0.2, 0.25) is 0 Å². The highest BCUT2D eigenvalue weighted by atomic mass is 19.3. The molecule has 2 rings (SSSR count). The molecular formula is C16H17F2NO3. The molecule has 4 nitrogen and oxygen atoms in total. The second-order valence-corrected chi connectivity index (χ2v) is 4.78. The topological polar surface area (TPSA) is 40.5 Å². The Kier molecular flexibility index (Phi) is 5.27. The number of hydrogen-bond donors (Lipinski definition) is 0. The van der Waals surface area contributed by atoms with Crippen molar-refractivity contribution in [3.8, 4) is 17.0 Å². The Bertz CT molecular complexity index is 698. The summed E-state index contributed by atoms with van der Waals surface area (Å²) < 4.78 is 36.7. The van der Waals surface area contributed by atoms with Crippen molar-refractivity contribution in [3.63, 3.8) is 0 Å². The molecule has 0 amide bonds. The number of benzene rings is 1. The molecule has 0 unspecified atom stereocenters. The van der Waals surface area contributed by atoms with E-state index in [2.05, 4.69) is 0 Å². The lowest BCUT2D eigenvalue weighted by Gasteiger charge is -2.15. The molecule has 0 spiro atoms. The number of aryl methyl sites for hydroxylation is 1. The van der Waals surface area contributed by atoms with Crippen LogP contribution in [0.2, 0.25) is 0 Å². The van der Waals surface area contributed by atoms with Crippen molar-refractivity contribution in [3.05, 3.63) is 52.3 Å². The number of nitrogens with zero attached hydrogens (tertiary/aromatic N) is 1. The number of hydrogen-bond acceptors (Lipinski definition) is 3. The van der Waals surface area contributed by atoms with Crippen LogP contribution in [0.25, 0.3) is 11.3 Å². The zero-order chi connectivity index (χ0) is 16.1. The second kappa shape index (κ2) is 7.17. The van der Waals surface area contributed by atoms with Crippen molar-refractivity contribution in [2.75, 3.05) is 13.9 Å². The maximum atomic E-state index is 12.7. The Morgan fingerprint density at radius 1 is 1.23 bits per heavy atom. The summed E-state index contributed by atoms with van der Waals surface area (Å²) in [5, 5.41) is 0. The van der Waals surface area contributed by atoms with E-state index in [1.165, 1.54) is 13.2 Å². The van der Waals surface area contributed by atoms with Gasteiger partial charge in [-0.1, -0.05) is 6.07 Å². The molecule has 0 bridgehead atoms. The maximum Gasteiger partial charge on any atom is 0.256 e. The molecule has 0 N–H and O–H groups in total. The molecule has 6 heteroatoms. The van der Waals surface area contributed by atoms with E-state index in [9.17, 15) is 13.6 Å². The summed E-state index contributed by atoms with van der Waals surface area (Å²) in [6.07, 6.45) is -2.59. The number of halogens is 2. The minimum atomic E-state index is -2.59. The van der Waals surface area contributed by atoms with Gasteiger partial charge >= 0.3 is 0 Å². The van der Waals surface area contributed by atoms with Crippen LogP contribution < -0.4 is 10.3 Å². The predicted molar refractivity (Wildman–Crippen MR) is 79.4 cm³/mol. The van der Waals surface area contributed by atoms with E-state index in [1.807, 2.05) is 6.92 Å². The number of rotatable bonds is 6. The van der Waals surface area contributed by atoms with Crippen LogP contribution in [0.5, 0.6) is 5.75 Å². The number of aromatic nitrogens is 1. The first kappa shape index (κ1) is 16.2. The third-order valence-electron chi connectivity index (χ3n) is 3.19. The van der Waals surface area contributed by atoms with Crippen molar-refractivity contribution in [2.24, 2.45) is 0 Å². The molecule has 0 aliphatic rings. The Labute approximate surface area is 126 Å². The number of alkyl halides is 2. The molecular weight excluding hydrogens is 292 g/mol. The molecule has 0 aliphatic heterocycles. The van der Waals surface area contributed by atoms with E-state index >= 15 is 0 Å². The zero-order valence-electron chi connectivity index (χ0n) is 12.4. The standard InChI is InChI=1S/C16H17F2NO3/c1-11-8-12(22-10-21-2)6-7-13(11)14-4-3-5-16(20)19(14)9-15(17)18/h3-8,15H,9-10H2,1-2H3. The van der Waals surface area contributed by atoms with Gasteiger partial charge in [-0.15, -0.1) is 0 Å². The van der Waals surface area contributed by atoms with Gasteiger partial charge < -0.3 is 14.0 Å². The quantitative estimate of drug-likeness (QED) is 0.770. The molecule has 1 aromatic carbocycles. The normalized spacial score (nSPS) is 11.0.